The molecule has 166 valence electrons. The Morgan fingerprint density at radius 2 is 2.00 bits per heavy atom. The van der Waals surface area contributed by atoms with Crippen molar-refractivity contribution in [2.75, 3.05) is 32.8 Å². The molecule has 5 nitrogen and oxygen atoms in total. The zero-order valence-corrected chi connectivity index (χ0v) is 18.7. The van der Waals surface area contributed by atoms with Gasteiger partial charge in [0.05, 0.1) is 12.2 Å². The molecule has 2 aliphatic rings. The van der Waals surface area contributed by atoms with Gasteiger partial charge in [0.25, 0.3) is 5.91 Å². The number of fused-ring (bicyclic) bond motifs is 1. The van der Waals surface area contributed by atoms with Crippen LogP contribution in [0.5, 0.6) is 11.5 Å². The first-order chi connectivity index (χ1) is 15.0. The maximum Gasteiger partial charge on any atom is 0.257 e. The summed E-state index contributed by atoms with van der Waals surface area (Å²) in [5.74, 6) is 1.66. The van der Waals surface area contributed by atoms with Crippen LogP contribution in [0.1, 0.15) is 48.2 Å². The average Bonchev–Trinajstić information content (AvgIpc) is 3.25. The number of likely N-dealkylation sites (N-methyl/N-ethyl adjacent to an activating group) is 1. The molecule has 2 aromatic rings. The first-order valence-electron chi connectivity index (χ1n) is 11.6. The average molecular weight is 423 g/mol. The number of phenols is 1. The second kappa shape index (κ2) is 9.73. The molecular weight excluding hydrogens is 388 g/mol. The van der Waals surface area contributed by atoms with Crippen LogP contribution in [-0.2, 0) is 12.8 Å². The molecule has 0 aromatic heterocycles. The van der Waals surface area contributed by atoms with Crippen molar-refractivity contribution in [1.82, 2.24) is 9.80 Å². The van der Waals surface area contributed by atoms with E-state index in [9.17, 15) is 9.90 Å². The minimum absolute atomic E-state index is 0.0575. The summed E-state index contributed by atoms with van der Waals surface area (Å²) >= 11 is 0. The number of benzene rings is 2. The number of carbonyl (C=O) groups is 1. The van der Waals surface area contributed by atoms with E-state index in [0.717, 1.165) is 64.2 Å². The van der Waals surface area contributed by atoms with Crippen molar-refractivity contribution >= 4 is 5.91 Å². The molecule has 0 bridgehead atoms. The van der Waals surface area contributed by atoms with Crippen LogP contribution < -0.4 is 4.74 Å². The Morgan fingerprint density at radius 3 is 2.74 bits per heavy atom. The van der Waals surface area contributed by atoms with Crippen molar-refractivity contribution in [1.29, 1.82) is 0 Å². The number of likely N-dealkylation sites (tertiary alicyclic amines) is 1. The quantitative estimate of drug-likeness (QED) is 0.729. The van der Waals surface area contributed by atoms with Crippen molar-refractivity contribution < 1.29 is 14.6 Å². The maximum atomic E-state index is 12.7. The number of hydrogen-bond donors (Lipinski definition) is 1. The number of hydrogen-bond acceptors (Lipinski definition) is 4. The van der Waals surface area contributed by atoms with Gasteiger partial charge in [-0.2, -0.15) is 0 Å². The van der Waals surface area contributed by atoms with Gasteiger partial charge in [-0.15, -0.1) is 0 Å². The molecule has 31 heavy (non-hydrogen) atoms. The second-order valence-corrected chi connectivity index (χ2v) is 8.93. The van der Waals surface area contributed by atoms with Gasteiger partial charge in [0, 0.05) is 32.1 Å². The van der Waals surface area contributed by atoms with E-state index in [1.165, 1.54) is 11.1 Å². The van der Waals surface area contributed by atoms with Crippen LogP contribution in [0.4, 0.5) is 0 Å². The number of amides is 1. The van der Waals surface area contributed by atoms with Crippen LogP contribution in [0.3, 0.4) is 0 Å². The third-order valence-electron chi connectivity index (χ3n) is 6.84. The molecule has 1 fully saturated rings. The van der Waals surface area contributed by atoms with Crippen molar-refractivity contribution in [2.24, 2.45) is 5.92 Å². The molecule has 2 heterocycles. The van der Waals surface area contributed by atoms with Gasteiger partial charge in [-0.05, 0) is 68.0 Å². The van der Waals surface area contributed by atoms with E-state index < -0.39 is 0 Å². The van der Waals surface area contributed by atoms with E-state index in [1.54, 1.807) is 24.3 Å². The Hall–Kier alpha value is -2.53. The lowest BCUT2D eigenvalue weighted by Gasteiger charge is -2.37. The standard InChI is InChI=1S/C26H34N2O3/c1-3-27(19(2)16-21-8-9-25-22(17-21)12-15-31-25)18-20-10-13-28(14-11-20)26(30)23-6-4-5-7-24(23)29/h4-9,17,19-20,29H,3,10-16,18H2,1-2H3. The zero-order valence-electron chi connectivity index (χ0n) is 18.7. The molecule has 1 unspecified atom stereocenters. The summed E-state index contributed by atoms with van der Waals surface area (Å²) in [6.07, 6.45) is 4.09. The summed E-state index contributed by atoms with van der Waals surface area (Å²) in [5.41, 5.74) is 3.14. The van der Waals surface area contributed by atoms with Crippen molar-refractivity contribution in [3.05, 3.63) is 59.2 Å². The molecule has 0 spiro atoms. The normalized spacial score (nSPS) is 17.5. The molecule has 4 rings (SSSR count). The van der Waals surface area contributed by atoms with Crippen LogP contribution in [0.2, 0.25) is 0 Å². The number of nitrogens with zero attached hydrogens (tertiary/aromatic N) is 2. The Labute approximate surface area is 185 Å². The van der Waals surface area contributed by atoms with E-state index in [4.69, 9.17) is 4.74 Å². The van der Waals surface area contributed by atoms with Gasteiger partial charge in [0.2, 0.25) is 0 Å². The zero-order chi connectivity index (χ0) is 21.8. The summed E-state index contributed by atoms with van der Waals surface area (Å²) in [7, 11) is 0. The number of piperidine rings is 1. The van der Waals surface area contributed by atoms with E-state index in [0.29, 0.717) is 17.5 Å². The summed E-state index contributed by atoms with van der Waals surface area (Å²) in [5, 5.41) is 9.99. The van der Waals surface area contributed by atoms with Crippen LogP contribution >= 0.6 is 0 Å². The predicted octanol–water partition coefficient (Wildman–Crippen LogP) is 4.13. The predicted molar refractivity (Wildman–Crippen MR) is 123 cm³/mol. The Bertz CT molecular complexity index is 905. The molecule has 1 amide bonds. The van der Waals surface area contributed by atoms with Gasteiger partial charge in [-0.3, -0.25) is 4.79 Å². The Balaban J connectivity index is 1.29. The highest BCUT2D eigenvalue weighted by atomic mass is 16.5. The molecule has 0 radical (unpaired) electrons. The Kier molecular flexibility index (Phi) is 6.81. The van der Waals surface area contributed by atoms with Gasteiger partial charge in [0.1, 0.15) is 11.5 Å². The van der Waals surface area contributed by atoms with Gasteiger partial charge in [-0.1, -0.05) is 31.2 Å². The number of para-hydroxylation sites is 1. The van der Waals surface area contributed by atoms with E-state index in [1.807, 2.05) is 4.90 Å². The monoisotopic (exact) mass is 422 g/mol. The van der Waals surface area contributed by atoms with E-state index >= 15 is 0 Å². The number of phenolic OH excluding ortho intramolecular Hbond substituents is 1. The topological polar surface area (TPSA) is 53.0 Å². The highest BCUT2D eigenvalue weighted by Crippen LogP contribution is 2.27. The van der Waals surface area contributed by atoms with Crippen molar-refractivity contribution in [3.63, 3.8) is 0 Å². The second-order valence-electron chi connectivity index (χ2n) is 8.93. The largest absolute Gasteiger partial charge is 0.507 e. The number of rotatable bonds is 7. The van der Waals surface area contributed by atoms with Gasteiger partial charge < -0.3 is 19.6 Å². The minimum Gasteiger partial charge on any atom is -0.507 e. The molecule has 1 N–H and O–H groups in total. The van der Waals surface area contributed by atoms with Gasteiger partial charge in [0.15, 0.2) is 0 Å². The third kappa shape index (κ3) is 5.04. The molecule has 2 aliphatic heterocycles. The molecule has 0 aliphatic carbocycles. The summed E-state index contributed by atoms with van der Waals surface area (Å²) < 4.78 is 5.64. The lowest BCUT2D eigenvalue weighted by atomic mass is 9.94. The SMILES string of the molecule is CCN(CC1CCN(C(=O)c2ccccc2O)CC1)C(C)Cc1ccc2c(c1)CCO2. The summed E-state index contributed by atoms with van der Waals surface area (Å²) in [4.78, 5) is 17.2. The summed E-state index contributed by atoms with van der Waals surface area (Å²) in [6.45, 7) is 8.99. The Morgan fingerprint density at radius 1 is 1.23 bits per heavy atom. The van der Waals surface area contributed by atoms with E-state index in [2.05, 4.69) is 36.9 Å². The van der Waals surface area contributed by atoms with Crippen LogP contribution in [0.25, 0.3) is 0 Å². The fourth-order valence-corrected chi connectivity index (χ4v) is 4.93. The lowest BCUT2D eigenvalue weighted by molar-refractivity contribution is 0.0651. The van der Waals surface area contributed by atoms with Crippen LogP contribution in [0, 0.1) is 5.92 Å². The molecule has 1 saturated heterocycles. The summed E-state index contributed by atoms with van der Waals surface area (Å²) in [6, 6.07) is 13.9. The minimum atomic E-state index is -0.0575. The molecular formula is C26H34N2O3. The first kappa shape index (κ1) is 21.7. The van der Waals surface area contributed by atoms with Crippen molar-refractivity contribution in [2.45, 2.75) is 45.6 Å². The fraction of sp³-hybridized carbons (Fsp3) is 0.500. The highest BCUT2D eigenvalue weighted by Gasteiger charge is 2.27. The third-order valence-corrected chi connectivity index (χ3v) is 6.84. The lowest BCUT2D eigenvalue weighted by Crippen LogP contribution is -2.44. The fourth-order valence-electron chi connectivity index (χ4n) is 4.93. The number of carbonyl (C=O) groups excluding carboxylic acids is 1. The molecule has 5 heteroatoms. The molecule has 2 aromatic carbocycles. The molecule has 1 atom stereocenters. The molecule has 0 saturated carbocycles. The van der Waals surface area contributed by atoms with Crippen LogP contribution in [0.15, 0.2) is 42.5 Å². The number of aromatic hydroxyl groups is 1. The smallest absolute Gasteiger partial charge is 0.257 e. The van der Waals surface area contributed by atoms with Gasteiger partial charge >= 0.3 is 0 Å². The highest BCUT2D eigenvalue weighted by molar-refractivity contribution is 5.96. The number of ether oxygens (including phenoxy) is 1. The van der Waals surface area contributed by atoms with E-state index in [-0.39, 0.29) is 11.7 Å². The van der Waals surface area contributed by atoms with Gasteiger partial charge in [-0.25, -0.2) is 0 Å². The van der Waals surface area contributed by atoms with Crippen LogP contribution in [-0.4, -0.2) is 59.6 Å². The maximum absolute atomic E-state index is 12.7. The first-order valence-corrected chi connectivity index (χ1v) is 11.6. The van der Waals surface area contributed by atoms with Crippen molar-refractivity contribution in [3.8, 4) is 11.5 Å².